The van der Waals surface area contributed by atoms with E-state index in [1.165, 1.54) is 19.3 Å². The molecule has 1 N–H and O–H groups in total. The minimum Gasteiger partial charge on any atom is -0.215 e. The number of hydrogen-bond donors (Lipinski definition) is 1. The molecule has 0 aliphatic heterocycles. The summed E-state index contributed by atoms with van der Waals surface area (Å²) in [6, 6.07) is 0. The van der Waals surface area contributed by atoms with E-state index in [1.807, 2.05) is 0 Å². The van der Waals surface area contributed by atoms with Gasteiger partial charge in [-0.3, -0.25) is 0 Å². The van der Waals surface area contributed by atoms with Crippen molar-refractivity contribution in [1.82, 2.24) is 4.72 Å². The molecule has 0 saturated heterocycles. The fourth-order valence-corrected chi connectivity index (χ4v) is 2.34. The van der Waals surface area contributed by atoms with Crippen molar-refractivity contribution >= 4 is 10.0 Å². The van der Waals surface area contributed by atoms with Gasteiger partial charge in [-0.05, 0) is 13.3 Å². The minimum absolute atomic E-state index is 0.245. The van der Waals surface area contributed by atoms with Crippen LogP contribution in [0.5, 0.6) is 0 Å². The fraction of sp³-hybridized carbons (Fsp3) is 0.900. The van der Waals surface area contributed by atoms with Crippen LogP contribution in [0.15, 0.2) is 0 Å². The molecule has 0 aromatic rings. The van der Waals surface area contributed by atoms with Gasteiger partial charge in [0, 0.05) is 6.54 Å². The van der Waals surface area contributed by atoms with Gasteiger partial charge < -0.3 is 0 Å². The number of sulfonamides is 1. The summed E-state index contributed by atoms with van der Waals surface area (Å²) in [5.41, 5.74) is 0. The van der Waals surface area contributed by atoms with Crippen molar-refractivity contribution in [2.75, 3.05) is 12.3 Å². The molecular weight excluding hydrogens is 198 g/mol. The zero-order valence-corrected chi connectivity index (χ0v) is 9.91. The van der Waals surface area contributed by atoms with E-state index in [1.54, 1.807) is 0 Å². The molecule has 0 amide bonds. The Bertz CT molecular complexity index is 212. The van der Waals surface area contributed by atoms with E-state index >= 15 is 0 Å². The molecule has 0 aliphatic rings. The van der Waals surface area contributed by atoms with Crippen LogP contribution in [-0.4, -0.2) is 20.7 Å². The average molecular weight is 220 g/mol. The van der Waals surface area contributed by atoms with Gasteiger partial charge in [-0.2, -0.15) is 0 Å². The Morgan fingerprint density at radius 2 is 1.64 bits per heavy atom. The van der Waals surface area contributed by atoms with E-state index in [0.29, 0.717) is 0 Å². The number of nitrogens with one attached hydrogen (secondary N) is 1. The predicted molar refractivity (Wildman–Crippen MR) is 60.5 cm³/mol. The third-order valence-electron chi connectivity index (χ3n) is 2.09. The maximum Gasteiger partial charge on any atom is 0.211 e. The average Bonchev–Trinajstić information content (AvgIpc) is 2.11. The molecule has 0 rings (SSSR count). The van der Waals surface area contributed by atoms with Crippen molar-refractivity contribution in [1.29, 1.82) is 0 Å². The smallest absolute Gasteiger partial charge is 0.211 e. The second-order valence-corrected chi connectivity index (χ2v) is 5.41. The summed E-state index contributed by atoms with van der Waals surface area (Å²) in [6.07, 6.45) is 6.62. The van der Waals surface area contributed by atoms with E-state index in [-0.39, 0.29) is 12.3 Å². The predicted octanol–water partition coefficient (Wildman–Crippen LogP) is 2.10. The van der Waals surface area contributed by atoms with Gasteiger partial charge in [0.25, 0.3) is 0 Å². The lowest BCUT2D eigenvalue weighted by Gasteiger charge is -2.03. The molecular formula is C10H22NO2S. The summed E-state index contributed by atoms with van der Waals surface area (Å²) in [7, 11) is -3.04. The van der Waals surface area contributed by atoms with E-state index in [4.69, 9.17) is 0 Å². The highest BCUT2D eigenvalue weighted by atomic mass is 32.2. The molecule has 0 saturated carbocycles. The monoisotopic (exact) mass is 220 g/mol. The normalized spacial score (nSPS) is 11.9. The summed E-state index contributed by atoms with van der Waals surface area (Å²) in [5.74, 6) is 0.245. The van der Waals surface area contributed by atoms with Crippen LogP contribution in [0.2, 0.25) is 0 Å². The van der Waals surface area contributed by atoms with Gasteiger partial charge in [-0.25, -0.2) is 13.1 Å². The van der Waals surface area contributed by atoms with Crippen LogP contribution < -0.4 is 4.72 Å². The van der Waals surface area contributed by atoms with Crippen molar-refractivity contribution in [3.63, 3.8) is 0 Å². The molecule has 85 valence electrons. The summed E-state index contributed by atoms with van der Waals surface area (Å²) in [6.45, 7) is 5.87. The Kier molecular flexibility index (Phi) is 8.18. The highest BCUT2D eigenvalue weighted by molar-refractivity contribution is 7.89. The van der Waals surface area contributed by atoms with Crippen molar-refractivity contribution in [3.8, 4) is 0 Å². The van der Waals surface area contributed by atoms with Crippen LogP contribution >= 0.6 is 0 Å². The number of hydrogen-bond acceptors (Lipinski definition) is 2. The highest BCUT2D eigenvalue weighted by Gasteiger charge is 2.06. The number of rotatable bonds is 9. The molecule has 0 aromatic carbocycles. The Labute approximate surface area is 88.3 Å². The molecule has 0 aliphatic carbocycles. The van der Waals surface area contributed by atoms with Gasteiger partial charge in [0.1, 0.15) is 0 Å². The first-order valence-corrected chi connectivity index (χ1v) is 7.04. The van der Waals surface area contributed by atoms with Crippen molar-refractivity contribution in [3.05, 3.63) is 6.92 Å². The summed E-state index contributed by atoms with van der Waals surface area (Å²) < 4.78 is 24.7. The summed E-state index contributed by atoms with van der Waals surface area (Å²) in [5, 5.41) is 0. The first kappa shape index (κ1) is 13.9. The Morgan fingerprint density at radius 3 is 2.21 bits per heavy atom. The third-order valence-corrected chi connectivity index (χ3v) is 3.56. The number of unbranched alkanes of at least 4 members (excludes halogenated alkanes) is 5. The van der Waals surface area contributed by atoms with E-state index < -0.39 is 10.0 Å². The van der Waals surface area contributed by atoms with Gasteiger partial charge in [0.05, 0.1) is 5.75 Å². The third kappa shape index (κ3) is 8.51. The zero-order valence-electron chi connectivity index (χ0n) is 9.09. The van der Waals surface area contributed by atoms with Crippen LogP contribution in [0.3, 0.4) is 0 Å². The largest absolute Gasteiger partial charge is 0.215 e. The molecule has 0 bridgehead atoms. The second-order valence-electron chi connectivity index (χ2n) is 3.48. The van der Waals surface area contributed by atoms with Gasteiger partial charge in [0.2, 0.25) is 10.0 Å². The maximum absolute atomic E-state index is 11.2. The molecule has 1 radical (unpaired) electrons. The zero-order chi connectivity index (χ0) is 10.9. The Hall–Kier alpha value is -0.0900. The lowest BCUT2D eigenvalue weighted by atomic mass is 10.1. The standard InChI is InChI=1S/C10H22NO2S/c1-3-5-6-7-8-9-10-14(12,13)11-4-2/h11H,2-10H2,1H3. The molecule has 0 aromatic heterocycles. The molecule has 3 nitrogen and oxygen atoms in total. The molecule has 0 heterocycles. The Morgan fingerprint density at radius 1 is 1.07 bits per heavy atom. The topological polar surface area (TPSA) is 46.2 Å². The fourth-order valence-electron chi connectivity index (χ4n) is 1.30. The van der Waals surface area contributed by atoms with Crippen LogP contribution in [0.1, 0.15) is 45.4 Å². The van der Waals surface area contributed by atoms with Crippen LogP contribution in [0.4, 0.5) is 0 Å². The molecule has 14 heavy (non-hydrogen) atoms. The second kappa shape index (κ2) is 8.24. The van der Waals surface area contributed by atoms with E-state index in [9.17, 15) is 8.42 Å². The maximum atomic E-state index is 11.2. The lowest BCUT2D eigenvalue weighted by Crippen LogP contribution is -2.25. The molecule has 0 spiro atoms. The van der Waals surface area contributed by atoms with E-state index in [2.05, 4.69) is 18.6 Å². The SMILES string of the molecule is [CH2]CNS(=O)(=O)CCCCCCCC. The first-order chi connectivity index (χ1) is 6.62. The summed E-state index contributed by atoms with van der Waals surface area (Å²) in [4.78, 5) is 0. The van der Waals surface area contributed by atoms with Crippen molar-refractivity contribution in [2.24, 2.45) is 0 Å². The van der Waals surface area contributed by atoms with Gasteiger partial charge in [-0.15, -0.1) is 0 Å². The van der Waals surface area contributed by atoms with Crippen molar-refractivity contribution < 1.29 is 8.42 Å². The van der Waals surface area contributed by atoms with Gasteiger partial charge in [-0.1, -0.05) is 39.0 Å². The Balaban J connectivity index is 3.35. The lowest BCUT2D eigenvalue weighted by molar-refractivity contribution is 0.574. The minimum atomic E-state index is -3.04. The molecule has 4 heteroatoms. The quantitative estimate of drug-likeness (QED) is 0.605. The molecule has 0 atom stereocenters. The highest BCUT2D eigenvalue weighted by Crippen LogP contribution is 2.05. The molecule has 0 unspecified atom stereocenters. The van der Waals surface area contributed by atoms with Crippen LogP contribution in [-0.2, 0) is 10.0 Å². The van der Waals surface area contributed by atoms with Gasteiger partial charge in [0.15, 0.2) is 0 Å². The van der Waals surface area contributed by atoms with Crippen LogP contribution in [0.25, 0.3) is 0 Å². The van der Waals surface area contributed by atoms with Crippen molar-refractivity contribution in [2.45, 2.75) is 45.4 Å². The van der Waals surface area contributed by atoms with E-state index in [0.717, 1.165) is 19.3 Å². The van der Waals surface area contributed by atoms with Crippen LogP contribution in [0, 0.1) is 6.92 Å². The summed E-state index contributed by atoms with van der Waals surface area (Å²) >= 11 is 0. The van der Waals surface area contributed by atoms with Gasteiger partial charge >= 0.3 is 0 Å². The molecule has 0 fully saturated rings. The first-order valence-electron chi connectivity index (χ1n) is 5.39.